The third kappa shape index (κ3) is 2.06. The summed E-state index contributed by atoms with van der Waals surface area (Å²) in [5.74, 6) is 0.610. The summed E-state index contributed by atoms with van der Waals surface area (Å²) in [6.45, 7) is 0. The predicted octanol–water partition coefficient (Wildman–Crippen LogP) is 3.89. The van der Waals surface area contributed by atoms with Crippen LogP contribution in [0, 0.1) is 0 Å². The van der Waals surface area contributed by atoms with Crippen LogP contribution >= 0.6 is 15.9 Å². The normalized spacial score (nSPS) is 18.1. The summed E-state index contributed by atoms with van der Waals surface area (Å²) >= 11 is 3.42. The van der Waals surface area contributed by atoms with E-state index in [2.05, 4.69) is 15.9 Å². The molecule has 1 aliphatic rings. The molecule has 0 saturated heterocycles. The van der Waals surface area contributed by atoms with Crippen molar-refractivity contribution in [2.45, 2.75) is 12.3 Å². The van der Waals surface area contributed by atoms with Crippen molar-refractivity contribution < 1.29 is 9.53 Å². The first kappa shape index (κ1) is 11.5. The zero-order valence-corrected chi connectivity index (χ0v) is 11.2. The molecule has 0 unspecified atom stereocenters. The molecule has 0 fully saturated rings. The van der Waals surface area contributed by atoms with E-state index in [1.54, 1.807) is 0 Å². The van der Waals surface area contributed by atoms with E-state index in [0.717, 1.165) is 15.6 Å². The van der Waals surface area contributed by atoms with Crippen molar-refractivity contribution in [3.05, 3.63) is 64.1 Å². The minimum atomic E-state index is -0.165. The molecule has 0 saturated carbocycles. The highest BCUT2D eigenvalue weighted by atomic mass is 79.9. The Kier molecular flexibility index (Phi) is 2.92. The van der Waals surface area contributed by atoms with Gasteiger partial charge in [-0.2, -0.15) is 0 Å². The molecule has 0 radical (unpaired) electrons. The summed E-state index contributed by atoms with van der Waals surface area (Å²) in [6, 6.07) is 15.8. The SMILES string of the molecule is O=C1C[C@@H](c2ccc(Br)cc2)c2ccccc2O1. The molecular weight excluding hydrogens is 292 g/mol. The minimum absolute atomic E-state index is 0.0931. The Hall–Kier alpha value is -1.61. The molecule has 90 valence electrons. The average molecular weight is 303 g/mol. The molecule has 2 aromatic carbocycles. The number of hydrogen-bond donors (Lipinski definition) is 0. The molecule has 0 spiro atoms. The number of rotatable bonds is 1. The van der Waals surface area contributed by atoms with Gasteiger partial charge < -0.3 is 4.74 Å². The molecule has 0 N–H and O–H groups in total. The topological polar surface area (TPSA) is 26.3 Å². The summed E-state index contributed by atoms with van der Waals surface area (Å²) in [7, 11) is 0. The molecule has 0 aromatic heterocycles. The first-order valence-electron chi connectivity index (χ1n) is 5.79. The van der Waals surface area contributed by atoms with Gasteiger partial charge in [0.05, 0.1) is 6.42 Å². The average Bonchev–Trinajstić information content (AvgIpc) is 2.38. The van der Waals surface area contributed by atoms with Crippen molar-refractivity contribution in [1.29, 1.82) is 0 Å². The number of hydrogen-bond acceptors (Lipinski definition) is 2. The quantitative estimate of drug-likeness (QED) is 0.590. The first-order valence-corrected chi connectivity index (χ1v) is 6.58. The summed E-state index contributed by atoms with van der Waals surface area (Å²) in [6.07, 6.45) is 0.401. The van der Waals surface area contributed by atoms with E-state index in [1.165, 1.54) is 0 Å². The van der Waals surface area contributed by atoms with E-state index in [-0.39, 0.29) is 11.9 Å². The molecule has 2 aromatic rings. The van der Waals surface area contributed by atoms with E-state index in [9.17, 15) is 4.79 Å². The lowest BCUT2D eigenvalue weighted by molar-refractivity contribution is -0.135. The number of ether oxygens (including phenoxy) is 1. The Morgan fingerprint density at radius 2 is 1.78 bits per heavy atom. The van der Waals surface area contributed by atoms with Crippen molar-refractivity contribution in [3.63, 3.8) is 0 Å². The standard InChI is InChI=1S/C15H11BrO2/c16-11-7-5-10(6-8-11)13-9-15(17)18-14-4-2-1-3-12(13)14/h1-8,13H,9H2/t13-/m0/s1. The lowest BCUT2D eigenvalue weighted by Crippen LogP contribution is -2.20. The van der Waals surface area contributed by atoms with Crippen LogP contribution in [-0.4, -0.2) is 5.97 Å². The van der Waals surface area contributed by atoms with E-state index in [0.29, 0.717) is 12.2 Å². The van der Waals surface area contributed by atoms with E-state index in [1.807, 2.05) is 48.5 Å². The van der Waals surface area contributed by atoms with Crippen LogP contribution in [0.1, 0.15) is 23.5 Å². The van der Waals surface area contributed by atoms with Gasteiger partial charge in [0.2, 0.25) is 0 Å². The van der Waals surface area contributed by atoms with Crippen LogP contribution in [0.15, 0.2) is 53.0 Å². The largest absolute Gasteiger partial charge is 0.426 e. The second kappa shape index (κ2) is 4.58. The number of esters is 1. The van der Waals surface area contributed by atoms with Crippen molar-refractivity contribution in [1.82, 2.24) is 0 Å². The van der Waals surface area contributed by atoms with E-state index in [4.69, 9.17) is 4.74 Å². The highest BCUT2D eigenvalue weighted by Gasteiger charge is 2.27. The van der Waals surface area contributed by atoms with Gasteiger partial charge in [0.15, 0.2) is 0 Å². The maximum Gasteiger partial charge on any atom is 0.312 e. The number of halogens is 1. The van der Waals surface area contributed by atoms with Gasteiger partial charge in [0.25, 0.3) is 0 Å². The zero-order valence-electron chi connectivity index (χ0n) is 9.60. The number of fused-ring (bicyclic) bond motifs is 1. The fraction of sp³-hybridized carbons (Fsp3) is 0.133. The van der Waals surface area contributed by atoms with Crippen LogP contribution in [0.25, 0.3) is 0 Å². The smallest absolute Gasteiger partial charge is 0.312 e. The Morgan fingerprint density at radius 1 is 1.06 bits per heavy atom. The molecule has 0 aliphatic carbocycles. The van der Waals surface area contributed by atoms with E-state index >= 15 is 0 Å². The number of carbonyl (C=O) groups is 1. The van der Waals surface area contributed by atoms with Crippen LogP contribution < -0.4 is 4.74 Å². The Morgan fingerprint density at radius 3 is 2.56 bits per heavy atom. The van der Waals surface area contributed by atoms with Crippen LogP contribution in [-0.2, 0) is 4.79 Å². The molecule has 3 heteroatoms. The molecule has 1 atom stereocenters. The van der Waals surface area contributed by atoms with Gasteiger partial charge in [0, 0.05) is 16.0 Å². The van der Waals surface area contributed by atoms with Gasteiger partial charge in [-0.25, -0.2) is 0 Å². The summed E-state index contributed by atoms with van der Waals surface area (Å²) < 4.78 is 6.30. The van der Waals surface area contributed by atoms with Crippen LogP contribution in [0.5, 0.6) is 5.75 Å². The zero-order chi connectivity index (χ0) is 12.5. The molecule has 1 aliphatic heterocycles. The number of benzene rings is 2. The highest BCUT2D eigenvalue weighted by molar-refractivity contribution is 9.10. The third-order valence-electron chi connectivity index (χ3n) is 3.16. The lowest BCUT2D eigenvalue weighted by Gasteiger charge is -2.24. The number of para-hydroxylation sites is 1. The maximum atomic E-state index is 11.6. The first-order chi connectivity index (χ1) is 8.74. The Balaban J connectivity index is 2.07. The molecule has 18 heavy (non-hydrogen) atoms. The van der Waals surface area contributed by atoms with Crippen LogP contribution in [0.2, 0.25) is 0 Å². The van der Waals surface area contributed by atoms with Gasteiger partial charge in [0.1, 0.15) is 5.75 Å². The molecule has 3 rings (SSSR count). The van der Waals surface area contributed by atoms with Crippen molar-refractivity contribution >= 4 is 21.9 Å². The summed E-state index contributed by atoms with van der Waals surface area (Å²) in [5, 5.41) is 0. The second-order valence-electron chi connectivity index (χ2n) is 4.32. The van der Waals surface area contributed by atoms with Gasteiger partial charge in [-0.3, -0.25) is 4.79 Å². The predicted molar refractivity (Wildman–Crippen MR) is 72.7 cm³/mol. The minimum Gasteiger partial charge on any atom is -0.426 e. The lowest BCUT2D eigenvalue weighted by atomic mass is 9.86. The van der Waals surface area contributed by atoms with Crippen molar-refractivity contribution in [3.8, 4) is 5.75 Å². The molecule has 0 bridgehead atoms. The maximum absolute atomic E-state index is 11.6. The molecule has 1 heterocycles. The van der Waals surface area contributed by atoms with Crippen molar-refractivity contribution in [2.75, 3.05) is 0 Å². The Bertz CT molecular complexity index is 590. The van der Waals surface area contributed by atoms with Gasteiger partial charge in [-0.1, -0.05) is 46.3 Å². The molecular formula is C15H11BrO2. The van der Waals surface area contributed by atoms with Crippen molar-refractivity contribution in [2.24, 2.45) is 0 Å². The van der Waals surface area contributed by atoms with Crippen LogP contribution in [0.4, 0.5) is 0 Å². The van der Waals surface area contributed by atoms with Crippen LogP contribution in [0.3, 0.4) is 0 Å². The van der Waals surface area contributed by atoms with Gasteiger partial charge in [-0.05, 0) is 23.8 Å². The summed E-state index contributed by atoms with van der Waals surface area (Å²) in [5.41, 5.74) is 2.22. The van der Waals surface area contributed by atoms with Gasteiger partial charge in [-0.15, -0.1) is 0 Å². The molecule has 0 amide bonds. The van der Waals surface area contributed by atoms with E-state index < -0.39 is 0 Å². The van der Waals surface area contributed by atoms with Gasteiger partial charge >= 0.3 is 5.97 Å². The summed E-state index contributed by atoms with van der Waals surface area (Å²) in [4.78, 5) is 11.6. The second-order valence-corrected chi connectivity index (χ2v) is 5.24. The Labute approximate surface area is 114 Å². The fourth-order valence-electron chi connectivity index (χ4n) is 2.29. The third-order valence-corrected chi connectivity index (χ3v) is 3.69. The molecule has 2 nitrogen and oxygen atoms in total. The number of carbonyl (C=O) groups excluding carboxylic acids is 1. The fourth-order valence-corrected chi connectivity index (χ4v) is 2.56. The monoisotopic (exact) mass is 302 g/mol. The highest BCUT2D eigenvalue weighted by Crippen LogP contribution is 2.38.